The summed E-state index contributed by atoms with van der Waals surface area (Å²) in [7, 11) is 0. The van der Waals surface area contributed by atoms with Gasteiger partial charge in [0.1, 0.15) is 5.84 Å². The first-order valence-electron chi connectivity index (χ1n) is 16.7. The van der Waals surface area contributed by atoms with E-state index in [1.807, 2.05) is 73.1 Å². The topological polar surface area (TPSA) is 72.4 Å². The van der Waals surface area contributed by atoms with Crippen molar-refractivity contribution in [3.63, 3.8) is 0 Å². The lowest BCUT2D eigenvalue weighted by Crippen LogP contribution is -2.33. The van der Waals surface area contributed by atoms with Gasteiger partial charge in [-0.05, 0) is 36.4 Å². The third-order valence-electron chi connectivity index (χ3n) is 9.48. The van der Waals surface area contributed by atoms with Crippen LogP contribution in [0.25, 0.3) is 55.2 Å². The van der Waals surface area contributed by atoms with Crippen molar-refractivity contribution in [3.8, 4) is 11.6 Å². The van der Waals surface area contributed by atoms with Crippen molar-refractivity contribution >= 4 is 55.3 Å². The predicted octanol–water partition coefficient (Wildman–Crippen LogP) is 9.17. The maximum absolute atomic E-state index is 5.01. The molecule has 4 heterocycles. The first-order valence-corrected chi connectivity index (χ1v) is 16.7. The highest BCUT2D eigenvalue weighted by Crippen LogP contribution is 2.39. The number of aliphatic imine (C=N–C) groups is 2. The molecule has 1 aliphatic rings. The lowest BCUT2D eigenvalue weighted by molar-refractivity contribution is 0.665. The van der Waals surface area contributed by atoms with Crippen LogP contribution in [0.2, 0.25) is 0 Å². The van der Waals surface area contributed by atoms with Gasteiger partial charge in [-0.1, -0.05) is 115 Å². The number of hydrogen-bond donors (Lipinski definition) is 1. The lowest BCUT2D eigenvalue weighted by Gasteiger charge is -2.23. The Kier molecular flexibility index (Phi) is 6.42. The van der Waals surface area contributed by atoms with Crippen molar-refractivity contribution < 1.29 is 0 Å². The molecule has 0 amide bonds. The highest BCUT2D eigenvalue weighted by molar-refractivity contribution is 6.19. The van der Waals surface area contributed by atoms with Gasteiger partial charge < -0.3 is 9.88 Å². The van der Waals surface area contributed by atoms with Gasteiger partial charge in [-0.3, -0.25) is 4.57 Å². The van der Waals surface area contributed by atoms with Crippen molar-refractivity contribution in [3.05, 3.63) is 181 Å². The Morgan fingerprint density at radius 3 is 1.68 bits per heavy atom. The molecule has 0 saturated carbocycles. The summed E-state index contributed by atoms with van der Waals surface area (Å²) < 4.78 is 4.52. The van der Waals surface area contributed by atoms with Crippen molar-refractivity contribution in [1.82, 2.24) is 24.4 Å². The Labute approximate surface area is 287 Å². The Bertz CT molecular complexity index is 2760. The maximum Gasteiger partial charge on any atom is 0.234 e. The minimum absolute atomic E-state index is 0.411. The average molecular weight is 644 g/mol. The molecule has 7 heteroatoms. The number of rotatable bonds is 5. The molecule has 0 spiro atoms. The summed E-state index contributed by atoms with van der Waals surface area (Å²) in [6, 6.07) is 52.5. The van der Waals surface area contributed by atoms with Gasteiger partial charge in [-0.25, -0.2) is 20.0 Å². The van der Waals surface area contributed by atoms with E-state index in [4.69, 9.17) is 20.0 Å². The summed E-state index contributed by atoms with van der Waals surface area (Å²) in [5, 5.41) is 8.27. The summed E-state index contributed by atoms with van der Waals surface area (Å²) >= 11 is 0. The molecule has 6 aromatic carbocycles. The number of nitrogens with one attached hydrogen (secondary N) is 1. The molecule has 0 bridgehead atoms. The molecule has 0 radical (unpaired) electrons. The van der Waals surface area contributed by atoms with Crippen LogP contribution in [0, 0.1) is 0 Å². The standard InChI is InChI=1S/C43H29N7/c1-4-14-28(15-5-1)40-46-41(29-16-6-2-7-17-29)48-42(47-40)30-26-44-43(45-27-30)50-37-23-13-11-21-33(37)35-24-34-32-20-10-12-22-36(32)49(38(34)25-39(35)50)31-18-8-3-9-19-31/h1-27,42H,(H,46,47,48). The van der Waals surface area contributed by atoms with Crippen LogP contribution in [-0.4, -0.2) is 30.8 Å². The van der Waals surface area contributed by atoms with Crippen LogP contribution in [0.4, 0.5) is 0 Å². The monoisotopic (exact) mass is 643 g/mol. The van der Waals surface area contributed by atoms with E-state index in [0.29, 0.717) is 11.8 Å². The molecule has 10 rings (SSSR count). The van der Waals surface area contributed by atoms with Gasteiger partial charge in [0.05, 0.1) is 22.1 Å². The van der Waals surface area contributed by atoms with Crippen LogP contribution in [0.15, 0.2) is 174 Å². The number of amidine groups is 2. The molecule has 1 aliphatic heterocycles. The lowest BCUT2D eigenvalue weighted by atomic mass is 10.1. The molecule has 3 aromatic heterocycles. The Balaban J connectivity index is 1.13. The van der Waals surface area contributed by atoms with E-state index in [1.165, 1.54) is 16.3 Å². The minimum Gasteiger partial charge on any atom is -0.344 e. The van der Waals surface area contributed by atoms with Crippen molar-refractivity contribution in [1.29, 1.82) is 0 Å². The highest BCUT2D eigenvalue weighted by atomic mass is 15.2. The number of para-hydroxylation sites is 3. The second kappa shape index (κ2) is 11.4. The normalized spacial score (nSPS) is 14.6. The summed E-state index contributed by atoms with van der Waals surface area (Å²) in [4.78, 5) is 19.9. The summed E-state index contributed by atoms with van der Waals surface area (Å²) in [5.41, 5.74) is 8.31. The molecule has 1 atom stereocenters. The van der Waals surface area contributed by atoms with E-state index in [0.717, 1.165) is 55.5 Å². The van der Waals surface area contributed by atoms with Gasteiger partial charge >= 0.3 is 0 Å². The predicted molar refractivity (Wildman–Crippen MR) is 203 cm³/mol. The summed E-state index contributed by atoms with van der Waals surface area (Å²) in [6.07, 6.45) is 3.34. The zero-order chi connectivity index (χ0) is 33.0. The smallest absolute Gasteiger partial charge is 0.234 e. The minimum atomic E-state index is -0.411. The average Bonchev–Trinajstić information content (AvgIpc) is 3.70. The number of benzene rings is 6. The van der Waals surface area contributed by atoms with Crippen molar-refractivity contribution in [2.24, 2.45) is 9.98 Å². The number of aromatic nitrogens is 4. The third kappa shape index (κ3) is 4.52. The van der Waals surface area contributed by atoms with Crippen LogP contribution >= 0.6 is 0 Å². The molecule has 1 unspecified atom stereocenters. The van der Waals surface area contributed by atoms with E-state index < -0.39 is 6.17 Å². The number of hydrogen-bond acceptors (Lipinski definition) is 5. The maximum atomic E-state index is 5.01. The quantitative estimate of drug-likeness (QED) is 0.203. The summed E-state index contributed by atoms with van der Waals surface area (Å²) in [6.45, 7) is 0. The molecule has 50 heavy (non-hydrogen) atoms. The molecule has 1 N–H and O–H groups in total. The van der Waals surface area contributed by atoms with Crippen LogP contribution in [0.3, 0.4) is 0 Å². The van der Waals surface area contributed by atoms with Crippen LogP contribution in [-0.2, 0) is 0 Å². The second-order valence-corrected chi connectivity index (χ2v) is 12.4. The van der Waals surface area contributed by atoms with Gasteiger partial charge in [-0.15, -0.1) is 0 Å². The van der Waals surface area contributed by atoms with E-state index >= 15 is 0 Å². The molecule has 0 fully saturated rings. The van der Waals surface area contributed by atoms with E-state index in [1.54, 1.807) is 0 Å². The van der Waals surface area contributed by atoms with E-state index in [2.05, 4.69) is 105 Å². The Morgan fingerprint density at radius 2 is 1.02 bits per heavy atom. The first-order chi connectivity index (χ1) is 24.8. The highest BCUT2D eigenvalue weighted by Gasteiger charge is 2.23. The molecular weight excluding hydrogens is 615 g/mol. The Hall–Kier alpha value is -6.86. The van der Waals surface area contributed by atoms with Gasteiger partial charge in [0, 0.05) is 56.3 Å². The molecule has 7 nitrogen and oxygen atoms in total. The fraction of sp³-hybridized carbons (Fsp3) is 0.0233. The fourth-order valence-electron chi connectivity index (χ4n) is 7.17. The van der Waals surface area contributed by atoms with E-state index in [9.17, 15) is 0 Å². The largest absolute Gasteiger partial charge is 0.344 e. The zero-order valence-corrected chi connectivity index (χ0v) is 26.8. The zero-order valence-electron chi connectivity index (χ0n) is 26.8. The number of nitrogens with zero attached hydrogens (tertiary/aromatic N) is 6. The second-order valence-electron chi connectivity index (χ2n) is 12.4. The first kappa shape index (κ1) is 28.2. The van der Waals surface area contributed by atoms with Gasteiger partial charge in [0.15, 0.2) is 12.0 Å². The molecule has 9 aromatic rings. The van der Waals surface area contributed by atoms with Gasteiger partial charge in [0.2, 0.25) is 5.95 Å². The van der Waals surface area contributed by atoms with Crippen molar-refractivity contribution in [2.75, 3.05) is 0 Å². The van der Waals surface area contributed by atoms with E-state index in [-0.39, 0.29) is 0 Å². The van der Waals surface area contributed by atoms with Gasteiger partial charge in [-0.2, -0.15) is 0 Å². The Morgan fingerprint density at radius 1 is 0.480 bits per heavy atom. The third-order valence-corrected chi connectivity index (χ3v) is 9.48. The number of fused-ring (bicyclic) bond motifs is 6. The van der Waals surface area contributed by atoms with Crippen molar-refractivity contribution in [2.45, 2.75) is 6.17 Å². The molecule has 0 saturated heterocycles. The van der Waals surface area contributed by atoms with Crippen LogP contribution in [0.5, 0.6) is 0 Å². The van der Waals surface area contributed by atoms with Crippen LogP contribution in [0.1, 0.15) is 22.9 Å². The SMILES string of the molecule is c1ccc(C2=NC(c3cnc(-n4c5ccccc5c5cc6c7ccccc7n(-c7ccccc7)c6cc54)nc3)NC(c3ccccc3)=N2)cc1. The molecule has 236 valence electrons. The molecule has 0 aliphatic carbocycles. The van der Waals surface area contributed by atoms with Gasteiger partial charge in [0.25, 0.3) is 0 Å². The molecular formula is C43H29N7. The summed E-state index contributed by atoms with van der Waals surface area (Å²) in [5.74, 6) is 2.02. The van der Waals surface area contributed by atoms with Crippen LogP contribution < -0.4 is 5.32 Å². The fourth-order valence-corrected chi connectivity index (χ4v) is 7.17.